The topological polar surface area (TPSA) is 91.2 Å². The van der Waals surface area contributed by atoms with Crippen molar-refractivity contribution in [3.63, 3.8) is 0 Å². The molecule has 3 fully saturated rings. The summed E-state index contributed by atoms with van der Waals surface area (Å²) in [5.74, 6) is 2.19. The van der Waals surface area contributed by atoms with Crippen LogP contribution in [0.3, 0.4) is 0 Å². The van der Waals surface area contributed by atoms with E-state index in [1.54, 1.807) is 13.3 Å². The molecular formula is C39H49BN8O3. The van der Waals surface area contributed by atoms with Crippen LogP contribution < -0.4 is 35.5 Å². The first-order valence-corrected chi connectivity index (χ1v) is 18.4. The third-order valence-electron chi connectivity index (χ3n) is 11.8. The lowest BCUT2D eigenvalue weighted by Crippen LogP contribution is -2.61. The van der Waals surface area contributed by atoms with Crippen LogP contribution in [0.2, 0.25) is 0 Å². The van der Waals surface area contributed by atoms with Gasteiger partial charge in [-0.1, -0.05) is 11.5 Å². The smallest absolute Gasteiger partial charge is 0.213 e. The van der Waals surface area contributed by atoms with Crippen molar-refractivity contribution in [2.75, 3.05) is 82.2 Å². The summed E-state index contributed by atoms with van der Waals surface area (Å²) >= 11 is 0. The summed E-state index contributed by atoms with van der Waals surface area (Å²) in [4.78, 5) is 33.2. The number of methoxy groups -OCH3 is 1. The number of pyridine rings is 3. The highest BCUT2D eigenvalue weighted by Gasteiger charge is 2.46. The van der Waals surface area contributed by atoms with Crippen LogP contribution in [-0.4, -0.2) is 105 Å². The van der Waals surface area contributed by atoms with Gasteiger partial charge in [0.2, 0.25) is 5.88 Å². The van der Waals surface area contributed by atoms with Crippen LogP contribution in [0.5, 0.6) is 11.6 Å². The van der Waals surface area contributed by atoms with Crippen molar-refractivity contribution in [2.24, 2.45) is 5.41 Å². The standard InChI is InChI=1S/C39H49BN8O3/c1-26-23-51-38-35-31(17-32(40)36(38)47-24-39(25-47)10-14-44(3)15-11-39)37(49)28(21-48(26)35)20-46(19-27-9-12-42-34(16-27)50-4)30-6-5-13-45(22-30)29-7-8-33(41-2)43-18-29/h7-9,12,16-18,21,26,30H,5-6,10-11,13-15,19-20,22-25H2,1-4H3,(H,41,43). The Morgan fingerprint density at radius 1 is 1.10 bits per heavy atom. The first kappa shape index (κ1) is 33.8. The van der Waals surface area contributed by atoms with Crippen LogP contribution >= 0.6 is 0 Å². The van der Waals surface area contributed by atoms with E-state index in [0.29, 0.717) is 41.8 Å². The van der Waals surface area contributed by atoms with Gasteiger partial charge in [-0.2, -0.15) is 0 Å². The van der Waals surface area contributed by atoms with Gasteiger partial charge in [0.15, 0.2) is 11.2 Å². The average molecular weight is 689 g/mol. The molecule has 4 aromatic rings. The molecule has 0 saturated carbocycles. The fourth-order valence-electron chi connectivity index (χ4n) is 8.73. The zero-order valence-corrected chi connectivity index (χ0v) is 30.4. The highest BCUT2D eigenvalue weighted by Crippen LogP contribution is 2.47. The number of benzene rings is 1. The molecule has 12 heteroatoms. The predicted molar refractivity (Wildman–Crippen MR) is 204 cm³/mol. The van der Waals surface area contributed by atoms with Crippen LogP contribution in [0.15, 0.2) is 53.7 Å². The van der Waals surface area contributed by atoms with Crippen molar-refractivity contribution >= 4 is 41.4 Å². The summed E-state index contributed by atoms with van der Waals surface area (Å²) in [7, 11) is 12.6. The Kier molecular flexibility index (Phi) is 9.08. The molecule has 4 aliphatic rings. The van der Waals surface area contributed by atoms with Gasteiger partial charge in [-0.05, 0) is 76.5 Å². The summed E-state index contributed by atoms with van der Waals surface area (Å²) in [6, 6.07) is 10.4. The zero-order chi connectivity index (χ0) is 35.3. The summed E-state index contributed by atoms with van der Waals surface area (Å²) in [6.45, 7) is 9.88. The van der Waals surface area contributed by atoms with Crippen LogP contribution in [0.4, 0.5) is 17.2 Å². The molecule has 11 nitrogen and oxygen atoms in total. The maximum absolute atomic E-state index is 14.6. The average Bonchev–Trinajstić information content (AvgIpc) is 3.14. The Morgan fingerprint density at radius 2 is 1.92 bits per heavy atom. The van der Waals surface area contributed by atoms with E-state index >= 15 is 0 Å². The number of piperidine rings is 2. The molecule has 2 unspecified atom stereocenters. The van der Waals surface area contributed by atoms with Crippen LogP contribution in [-0.2, 0) is 13.1 Å². The Bertz CT molecular complexity index is 1950. The van der Waals surface area contributed by atoms with Crippen molar-refractivity contribution in [1.82, 2.24) is 24.3 Å². The maximum Gasteiger partial charge on any atom is 0.213 e. The third kappa shape index (κ3) is 6.41. The number of aromatic nitrogens is 3. The molecule has 8 rings (SSSR count). The fourth-order valence-corrected chi connectivity index (χ4v) is 8.73. The number of nitrogens with one attached hydrogen (secondary N) is 1. The molecule has 2 radical (unpaired) electrons. The highest BCUT2D eigenvalue weighted by atomic mass is 16.5. The highest BCUT2D eigenvalue weighted by molar-refractivity contribution is 6.38. The van der Waals surface area contributed by atoms with E-state index in [1.165, 1.54) is 12.8 Å². The SMILES string of the molecule is [B]c1cc2c(=O)c(CN(Cc3ccnc(OC)c3)C3CCCN(c4ccc(NC)nc4)C3)cn3c2c(c1N1CC2(CCN(C)CC2)C1)OCC3C. The lowest BCUT2D eigenvalue weighted by atomic mass is 9.71. The van der Waals surface area contributed by atoms with Crippen molar-refractivity contribution in [3.05, 3.63) is 70.3 Å². The summed E-state index contributed by atoms with van der Waals surface area (Å²) < 4.78 is 14.2. The van der Waals surface area contributed by atoms with Gasteiger partial charge in [0.25, 0.3) is 0 Å². The number of anilines is 3. The van der Waals surface area contributed by atoms with Crippen molar-refractivity contribution in [1.29, 1.82) is 0 Å². The first-order valence-electron chi connectivity index (χ1n) is 18.4. The number of hydrogen-bond donors (Lipinski definition) is 1. The van der Waals surface area contributed by atoms with E-state index < -0.39 is 0 Å². The van der Waals surface area contributed by atoms with Gasteiger partial charge < -0.3 is 34.1 Å². The Morgan fingerprint density at radius 3 is 2.67 bits per heavy atom. The Hall–Kier alpha value is -4.29. The van der Waals surface area contributed by atoms with E-state index in [1.807, 2.05) is 37.5 Å². The number of nitrogens with zero attached hydrogens (tertiary/aromatic N) is 7. The van der Waals surface area contributed by atoms with Crippen molar-refractivity contribution < 1.29 is 9.47 Å². The second-order valence-corrected chi connectivity index (χ2v) is 15.3. The molecular weight excluding hydrogens is 639 g/mol. The van der Waals surface area contributed by atoms with Gasteiger partial charge in [-0.15, -0.1) is 0 Å². The molecule has 51 heavy (non-hydrogen) atoms. The second kappa shape index (κ2) is 13.7. The molecule has 2 atom stereocenters. The number of rotatable bonds is 9. The van der Waals surface area contributed by atoms with E-state index in [9.17, 15) is 4.79 Å². The summed E-state index contributed by atoms with van der Waals surface area (Å²) in [5, 5.41) is 3.75. The van der Waals surface area contributed by atoms with Gasteiger partial charge in [0, 0.05) is 87.2 Å². The lowest BCUT2D eigenvalue weighted by Gasteiger charge is -2.55. The zero-order valence-electron chi connectivity index (χ0n) is 30.4. The second-order valence-electron chi connectivity index (χ2n) is 15.3. The molecule has 4 aliphatic heterocycles. The molecule has 0 aliphatic carbocycles. The van der Waals surface area contributed by atoms with Crippen LogP contribution in [0, 0.1) is 5.41 Å². The van der Waals surface area contributed by atoms with E-state index in [4.69, 9.17) is 17.3 Å². The van der Waals surface area contributed by atoms with Crippen LogP contribution in [0.25, 0.3) is 10.9 Å². The summed E-state index contributed by atoms with van der Waals surface area (Å²) in [6.07, 6.45) is 10.3. The van der Waals surface area contributed by atoms with Gasteiger partial charge >= 0.3 is 0 Å². The van der Waals surface area contributed by atoms with Gasteiger partial charge in [0.05, 0.1) is 36.2 Å². The molecule has 1 N–H and O–H groups in total. The normalized spacial score (nSPS) is 21.5. The molecule has 3 aromatic heterocycles. The predicted octanol–water partition coefficient (Wildman–Crippen LogP) is 3.79. The monoisotopic (exact) mass is 688 g/mol. The minimum atomic E-state index is 0.0191. The van der Waals surface area contributed by atoms with Crippen LogP contribution in [0.1, 0.15) is 49.8 Å². The van der Waals surface area contributed by atoms with E-state index in [0.717, 1.165) is 91.7 Å². The molecule has 1 aromatic carbocycles. The van der Waals surface area contributed by atoms with Gasteiger partial charge in [-0.3, -0.25) is 9.69 Å². The molecule has 7 heterocycles. The number of ether oxygens (including phenoxy) is 2. The van der Waals surface area contributed by atoms with E-state index in [2.05, 4.69) is 65.7 Å². The minimum Gasteiger partial charge on any atom is -0.487 e. The molecule has 1 spiro atoms. The largest absolute Gasteiger partial charge is 0.487 e. The maximum atomic E-state index is 14.6. The van der Waals surface area contributed by atoms with Gasteiger partial charge in [0.1, 0.15) is 20.3 Å². The fraction of sp³-hybridized carbons (Fsp3) is 0.513. The van der Waals surface area contributed by atoms with Gasteiger partial charge in [-0.25, -0.2) is 9.97 Å². The molecule has 0 bridgehead atoms. The number of likely N-dealkylation sites (tertiary alicyclic amines) is 1. The van der Waals surface area contributed by atoms with E-state index in [-0.39, 0.29) is 17.5 Å². The van der Waals surface area contributed by atoms with Crippen molar-refractivity contribution in [3.8, 4) is 11.6 Å². The quantitative estimate of drug-likeness (QED) is 0.262. The minimum absolute atomic E-state index is 0.0191. The van der Waals surface area contributed by atoms with Crippen molar-refractivity contribution in [2.45, 2.75) is 57.8 Å². The Labute approximate surface area is 302 Å². The molecule has 0 amide bonds. The lowest BCUT2D eigenvalue weighted by molar-refractivity contribution is 0.0901. The Balaban J connectivity index is 1.13. The molecule has 266 valence electrons. The number of hydrogen-bond acceptors (Lipinski definition) is 10. The summed E-state index contributed by atoms with van der Waals surface area (Å²) in [5.41, 5.74) is 5.77. The first-order chi connectivity index (χ1) is 24.7. The molecule has 3 saturated heterocycles. The third-order valence-corrected chi connectivity index (χ3v) is 11.8.